The Morgan fingerprint density at radius 2 is 2.41 bits per heavy atom. The molecule has 5 nitrogen and oxygen atoms in total. The average molecular weight is 233 g/mol. The molecule has 0 saturated carbocycles. The van der Waals surface area contributed by atoms with Gasteiger partial charge in [0.25, 0.3) is 0 Å². The van der Waals surface area contributed by atoms with Crippen molar-refractivity contribution < 1.29 is 9.53 Å². The molecule has 1 aromatic carbocycles. The van der Waals surface area contributed by atoms with E-state index >= 15 is 0 Å². The van der Waals surface area contributed by atoms with E-state index in [2.05, 4.69) is 20.0 Å². The van der Waals surface area contributed by atoms with Crippen molar-refractivity contribution in [1.82, 2.24) is 15.3 Å². The van der Waals surface area contributed by atoms with E-state index in [0.717, 1.165) is 16.6 Å². The van der Waals surface area contributed by atoms with Crippen LogP contribution >= 0.6 is 0 Å². The van der Waals surface area contributed by atoms with E-state index in [1.165, 1.54) is 7.11 Å². The highest BCUT2D eigenvalue weighted by Gasteiger charge is 2.15. The van der Waals surface area contributed by atoms with Crippen molar-refractivity contribution in [3.05, 3.63) is 30.1 Å². The molecule has 0 amide bonds. The molecular weight excluding hydrogens is 218 g/mol. The summed E-state index contributed by atoms with van der Waals surface area (Å²) in [7, 11) is 3.22. The van der Waals surface area contributed by atoms with Crippen LogP contribution in [0, 0.1) is 0 Å². The molecule has 1 atom stereocenters. The van der Waals surface area contributed by atoms with Gasteiger partial charge in [0.1, 0.15) is 0 Å². The van der Waals surface area contributed by atoms with Crippen molar-refractivity contribution in [2.75, 3.05) is 14.2 Å². The van der Waals surface area contributed by atoms with Gasteiger partial charge in [-0.1, -0.05) is 6.07 Å². The summed E-state index contributed by atoms with van der Waals surface area (Å²) < 4.78 is 4.68. The normalized spacial score (nSPS) is 12.6. The highest BCUT2D eigenvalue weighted by molar-refractivity contribution is 5.76. The first-order valence-corrected chi connectivity index (χ1v) is 5.41. The molecule has 1 unspecified atom stereocenters. The summed E-state index contributed by atoms with van der Waals surface area (Å²) in [6.45, 7) is 0. The minimum atomic E-state index is -0.228. The van der Waals surface area contributed by atoms with Crippen LogP contribution in [0.25, 0.3) is 11.0 Å². The van der Waals surface area contributed by atoms with Crippen LogP contribution in [0.2, 0.25) is 0 Å². The number of hydrogen-bond acceptors (Lipinski definition) is 4. The zero-order chi connectivity index (χ0) is 12.3. The molecule has 0 radical (unpaired) electrons. The maximum absolute atomic E-state index is 11.3. The fourth-order valence-corrected chi connectivity index (χ4v) is 1.81. The van der Waals surface area contributed by atoms with E-state index in [4.69, 9.17) is 0 Å². The van der Waals surface area contributed by atoms with Crippen LogP contribution < -0.4 is 5.32 Å². The highest BCUT2D eigenvalue weighted by atomic mass is 16.5. The Kier molecular flexibility index (Phi) is 3.39. The van der Waals surface area contributed by atoms with Gasteiger partial charge in [0.15, 0.2) is 0 Å². The monoisotopic (exact) mass is 233 g/mol. The Morgan fingerprint density at radius 1 is 1.59 bits per heavy atom. The third-order valence-electron chi connectivity index (χ3n) is 2.79. The molecular formula is C12H15N3O2. The summed E-state index contributed by atoms with van der Waals surface area (Å²) >= 11 is 0. The van der Waals surface area contributed by atoms with Crippen molar-refractivity contribution in [3.63, 3.8) is 0 Å². The van der Waals surface area contributed by atoms with E-state index in [-0.39, 0.29) is 12.0 Å². The second-order valence-electron chi connectivity index (χ2n) is 3.80. The summed E-state index contributed by atoms with van der Waals surface area (Å²) in [6.07, 6.45) is 1.97. The lowest BCUT2D eigenvalue weighted by Crippen LogP contribution is -2.20. The lowest BCUT2D eigenvalue weighted by atomic mass is 10.0. The summed E-state index contributed by atoms with van der Waals surface area (Å²) in [4.78, 5) is 18.5. The molecule has 0 aliphatic rings. The van der Waals surface area contributed by atoms with Crippen LogP contribution in [-0.2, 0) is 9.53 Å². The first-order valence-electron chi connectivity index (χ1n) is 5.41. The van der Waals surface area contributed by atoms with Crippen molar-refractivity contribution in [2.24, 2.45) is 0 Å². The smallest absolute Gasteiger partial charge is 0.307 e. The third-order valence-corrected chi connectivity index (χ3v) is 2.79. The number of methoxy groups -OCH3 is 1. The van der Waals surface area contributed by atoms with Crippen LogP contribution in [0.15, 0.2) is 24.5 Å². The summed E-state index contributed by atoms with van der Waals surface area (Å²) in [5, 5.41) is 3.11. The van der Waals surface area contributed by atoms with Gasteiger partial charge < -0.3 is 15.0 Å². The molecule has 0 aliphatic carbocycles. The summed E-state index contributed by atoms with van der Waals surface area (Å²) in [6, 6.07) is 5.85. The van der Waals surface area contributed by atoms with Crippen molar-refractivity contribution in [3.8, 4) is 0 Å². The number of ether oxygens (including phenoxy) is 1. The van der Waals surface area contributed by atoms with E-state index < -0.39 is 0 Å². The molecule has 2 aromatic rings. The van der Waals surface area contributed by atoms with Gasteiger partial charge in [-0.25, -0.2) is 4.98 Å². The van der Waals surface area contributed by atoms with Gasteiger partial charge in [-0.2, -0.15) is 0 Å². The van der Waals surface area contributed by atoms with Crippen LogP contribution in [0.3, 0.4) is 0 Å². The number of rotatable bonds is 4. The number of benzene rings is 1. The predicted octanol–water partition coefficient (Wildman–Crippen LogP) is 1.39. The Balaban J connectivity index is 2.26. The maximum atomic E-state index is 11.3. The van der Waals surface area contributed by atoms with Gasteiger partial charge in [0.05, 0.1) is 30.9 Å². The van der Waals surface area contributed by atoms with E-state index in [0.29, 0.717) is 6.42 Å². The third kappa shape index (κ3) is 2.45. The van der Waals surface area contributed by atoms with Gasteiger partial charge in [0, 0.05) is 6.04 Å². The lowest BCUT2D eigenvalue weighted by molar-refractivity contribution is -0.141. The minimum Gasteiger partial charge on any atom is -0.469 e. The number of carbonyl (C=O) groups is 1. The van der Waals surface area contributed by atoms with E-state index in [9.17, 15) is 4.79 Å². The van der Waals surface area contributed by atoms with Gasteiger partial charge >= 0.3 is 5.97 Å². The number of fused-ring (bicyclic) bond motifs is 1. The molecule has 1 heterocycles. The molecule has 2 rings (SSSR count). The van der Waals surface area contributed by atoms with Crippen molar-refractivity contribution in [1.29, 1.82) is 0 Å². The Labute approximate surface area is 99.2 Å². The molecule has 0 bridgehead atoms. The standard InChI is InChI=1S/C12H15N3O2/c1-13-10(6-12(16)17-2)8-3-4-9-11(5-8)15-7-14-9/h3-5,7,10,13H,6H2,1-2H3,(H,14,15). The van der Waals surface area contributed by atoms with Crippen LogP contribution in [0.1, 0.15) is 18.0 Å². The average Bonchev–Trinajstić information content (AvgIpc) is 2.82. The van der Waals surface area contributed by atoms with Crippen molar-refractivity contribution >= 4 is 17.0 Å². The molecule has 0 spiro atoms. The number of H-pyrrole nitrogens is 1. The minimum absolute atomic E-state index is 0.0462. The maximum Gasteiger partial charge on any atom is 0.307 e. The van der Waals surface area contributed by atoms with E-state index in [1.54, 1.807) is 6.33 Å². The topological polar surface area (TPSA) is 67.0 Å². The Bertz CT molecular complexity index is 521. The largest absolute Gasteiger partial charge is 0.469 e. The van der Waals surface area contributed by atoms with Crippen LogP contribution in [0.5, 0.6) is 0 Å². The van der Waals surface area contributed by atoms with Gasteiger partial charge in [-0.05, 0) is 24.7 Å². The molecule has 2 N–H and O–H groups in total. The fraction of sp³-hybridized carbons (Fsp3) is 0.333. The number of aromatic amines is 1. The van der Waals surface area contributed by atoms with Crippen molar-refractivity contribution in [2.45, 2.75) is 12.5 Å². The Hall–Kier alpha value is -1.88. The number of nitrogens with one attached hydrogen (secondary N) is 2. The second kappa shape index (κ2) is 4.97. The second-order valence-corrected chi connectivity index (χ2v) is 3.80. The van der Waals surface area contributed by atoms with Crippen LogP contribution in [0.4, 0.5) is 0 Å². The molecule has 5 heteroatoms. The number of esters is 1. The SMILES string of the molecule is CNC(CC(=O)OC)c1ccc2nc[nH]c2c1. The molecule has 0 aliphatic heterocycles. The summed E-state index contributed by atoms with van der Waals surface area (Å²) in [5.41, 5.74) is 2.92. The van der Waals surface area contributed by atoms with E-state index in [1.807, 2.05) is 25.2 Å². The fourth-order valence-electron chi connectivity index (χ4n) is 1.81. The summed E-state index contributed by atoms with van der Waals surface area (Å²) in [5.74, 6) is -0.228. The zero-order valence-corrected chi connectivity index (χ0v) is 9.86. The predicted molar refractivity (Wildman–Crippen MR) is 64.5 cm³/mol. The Morgan fingerprint density at radius 3 is 3.12 bits per heavy atom. The number of nitrogens with zero attached hydrogens (tertiary/aromatic N) is 1. The molecule has 17 heavy (non-hydrogen) atoms. The number of carbonyl (C=O) groups excluding carboxylic acids is 1. The zero-order valence-electron chi connectivity index (χ0n) is 9.86. The number of aromatic nitrogens is 2. The molecule has 1 aromatic heterocycles. The van der Waals surface area contributed by atoms with Gasteiger partial charge in [0.2, 0.25) is 0 Å². The number of imidazole rings is 1. The quantitative estimate of drug-likeness (QED) is 0.783. The number of hydrogen-bond donors (Lipinski definition) is 2. The lowest BCUT2D eigenvalue weighted by Gasteiger charge is -2.15. The van der Waals surface area contributed by atoms with Crippen LogP contribution in [-0.4, -0.2) is 30.1 Å². The first-order chi connectivity index (χ1) is 8.24. The van der Waals surface area contributed by atoms with Gasteiger partial charge in [-0.3, -0.25) is 4.79 Å². The molecule has 0 fully saturated rings. The molecule has 90 valence electrons. The van der Waals surface area contributed by atoms with Gasteiger partial charge in [-0.15, -0.1) is 0 Å². The highest BCUT2D eigenvalue weighted by Crippen LogP contribution is 2.20. The molecule has 0 saturated heterocycles. The first kappa shape index (κ1) is 11.6.